The predicted molar refractivity (Wildman–Crippen MR) is 43.9 cm³/mol. The molecule has 14 heavy (non-hydrogen) atoms. The summed E-state index contributed by atoms with van der Waals surface area (Å²) in [5, 5.41) is 23.3. The Morgan fingerprint density at radius 2 is 2.07 bits per heavy atom. The molecule has 0 aliphatic heterocycles. The number of aromatic nitrogens is 2. The number of aryl methyl sites for hydroxylation is 2. The van der Waals surface area contributed by atoms with Gasteiger partial charge in [0.2, 0.25) is 6.33 Å². The third-order valence-corrected chi connectivity index (χ3v) is 1.28. The number of nitrogens with zero attached hydrogens (tertiary/aromatic N) is 3. The first-order chi connectivity index (χ1) is 6.34. The Labute approximate surface area is 78.7 Å². The van der Waals surface area contributed by atoms with Crippen molar-refractivity contribution >= 4 is 5.97 Å². The molecule has 0 atom stereocenters. The number of carboxylic acids is 1. The highest BCUT2D eigenvalue weighted by molar-refractivity contribution is 5.84. The van der Waals surface area contributed by atoms with E-state index in [9.17, 15) is 4.79 Å². The van der Waals surface area contributed by atoms with Crippen LogP contribution in [0.1, 0.15) is 10.5 Å². The number of aromatic carboxylic acids is 1. The third-order valence-electron chi connectivity index (χ3n) is 1.28. The molecule has 0 spiro atoms. The van der Waals surface area contributed by atoms with Gasteiger partial charge >= 0.3 is 5.97 Å². The molecule has 0 aliphatic rings. The predicted octanol–water partition coefficient (Wildman–Crippen LogP) is -0.691. The van der Waals surface area contributed by atoms with Crippen LogP contribution in [0.15, 0.2) is 12.5 Å². The van der Waals surface area contributed by atoms with Crippen molar-refractivity contribution in [3.8, 4) is 0 Å². The van der Waals surface area contributed by atoms with Crippen molar-refractivity contribution in [1.82, 2.24) is 4.57 Å². The first-order valence-electron chi connectivity index (χ1n) is 3.41. The van der Waals surface area contributed by atoms with Crippen LogP contribution in [0.25, 0.3) is 0 Å². The van der Waals surface area contributed by atoms with Crippen molar-refractivity contribution in [2.75, 3.05) is 0 Å². The van der Waals surface area contributed by atoms with Crippen LogP contribution in [0.2, 0.25) is 0 Å². The molecule has 1 rings (SSSR count). The van der Waals surface area contributed by atoms with Gasteiger partial charge in [0, 0.05) is 0 Å². The molecule has 78 valence electrons. The van der Waals surface area contributed by atoms with Gasteiger partial charge in [-0.15, -0.1) is 0 Å². The minimum absolute atomic E-state index is 0.294. The van der Waals surface area contributed by atoms with E-state index in [1.807, 2.05) is 0 Å². The lowest BCUT2D eigenvalue weighted by Gasteiger charge is -1.83. The van der Waals surface area contributed by atoms with Crippen LogP contribution in [-0.4, -0.2) is 20.7 Å². The van der Waals surface area contributed by atoms with Crippen molar-refractivity contribution in [1.29, 1.82) is 0 Å². The summed E-state index contributed by atoms with van der Waals surface area (Å²) >= 11 is 0. The molecule has 0 unspecified atom stereocenters. The third kappa shape index (κ3) is 4.04. The van der Waals surface area contributed by atoms with Gasteiger partial charge in [-0.05, 0) is 0 Å². The van der Waals surface area contributed by atoms with Gasteiger partial charge in [0.1, 0.15) is 6.20 Å². The minimum atomic E-state index is -1.75. The number of hydrogen-bond acceptors (Lipinski definition) is 4. The molecule has 0 radical (unpaired) electrons. The van der Waals surface area contributed by atoms with E-state index in [-0.39, 0.29) is 0 Å². The molecule has 0 bridgehead atoms. The molecule has 0 aliphatic carbocycles. The summed E-state index contributed by atoms with van der Waals surface area (Å²) in [6, 6.07) is 0. The standard InChI is InChI=1S/C6H8N2O2.NO3/c1-7-3-5(6(9)10)8(2)4-7;2-1(3)4/h3-4H,1-2H3;/q;-1/p+1. The van der Waals surface area contributed by atoms with Crippen molar-refractivity contribution in [2.24, 2.45) is 14.1 Å². The molecule has 0 fully saturated rings. The lowest BCUT2D eigenvalue weighted by molar-refractivity contribution is -0.671. The number of carboxylic acid groups (broad SMARTS) is 1. The van der Waals surface area contributed by atoms with Gasteiger partial charge < -0.3 is 20.4 Å². The Morgan fingerprint density at radius 1 is 1.64 bits per heavy atom. The molecule has 0 saturated carbocycles. The molecular formula is C6H9N3O5. The molecule has 1 aromatic heterocycles. The number of rotatable bonds is 1. The smallest absolute Gasteiger partial charge is 0.379 e. The van der Waals surface area contributed by atoms with E-state index in [4.69, 9.17) is 20.4 Å². The number of carbonyl (C=O) groups is 1. The zero-order chi connectivity index (χ0) is 11.3. The summed E-state index contributed by atoms with van der Waals surface area (Å²) < 4.78 is 3.26. The minimum Gasteiger partial charge on any atom is -0.475 e. The summed E-state index contributed by atoms with van der Waals surface area (Å²) in [7, 11) is 3.48. The van der Waals surface area contributed by atoms with E-state index in [1.54, 1.807) is 35.8 Å². The second-order valence-electron chi connectivity index (χ2n) is 2.43. The van der Waals surface area contributed by atoms with Crippen molar-refractivity contribution in [3.05, 3.63) is 33.5 Å². The first kappa shape index (κ1) is 11.9. The van der Waals surface area contributed by atoms with Crippen LogP contribution in [0.4, 0.5) is 0 Å². The highest BCUT2D eigenvalue weighted by Crippen LogP contribution is 1.92. The fourth-order valence-corrected chi connectivity index (χ4v) is 0.859. The van der Waals surface area contributed by atoms with Crippen LogP contribution in [0.5, 0.6) is 0 Å². The molecular weight excluding hydrogens is 194 g/mol. The number of imidazole rings is 1. The fraction of sp³-hybridized carbons (Fsp3) is 0.333. The van der Waals surface area contributed by atoms with E-state index < -0.39 is 11.1 Å². The monoisotopic (exact) mass is 203 g/mol. The maximum absolute atomic E-state index is 10.4. The second-order valence-corrected chi connectivity index (χ2v) is 2.43. The molecule has 8 nitrogen and oxygen atoms in total. The summed E-state index contributed by atoms with van der Waals surface area (Å²) in [6.45, 7) is 0. The van der Waals surface area contributed by atoms with Gasteiger partial charge in [-0.2, -0.15) is 0 Å². The van der Waals surface area contributed by atoms with E-state index in [2.05, 4.69) is 0 Å². The Hall–Kier alpha value is -2.12. The summed E-state index contributed by atoms with van der Waals surface area (Å²) in [6.07, 6.45) is 3.26. The number of hydrogen-bond donors (Lipinski definition) is 1. The van der Waals surface area contributed by atoms with Gasteiger partial charge in [-0.25, -0.2) is 13.9 Å². The van der Waals surface area contributed by atoms with Gasteiger partial charge in [0.15, 0.2) is 0 Å². The fourth-order valence-electron chi connectivity index (χ4n) is 0.859. The molecule has 0 saturated heterocycles. The topological polar surface area (TPSA) is 112 Å². The van der Waals surface area contributed by atoms with E-state index in [0.29, 0.717) is 5.69 Å². The second kappa shape index (κ2) is 4.80. The molecule has 1 N–H and O–H groups in total. The van der Waals surface area contributed by atoms with Crippen molar-refractivity contribution < 1.29 is 19.6 Å². The SMILES string of the molecule is Cn1c[n+](C)cc1C(=O)O.O=[N+]([O-])[O-]. The molecule has 0 aromatic carbocycles. The molecule has 1 aromatic rings. The van der Waals surface area contributed by atoms with Gasteiger partial charge in [0.05, 0.1) is 19.2 Å². The first-order valence-corrected chi connectivity index (χ1v) is 3.41. The van der Waals surface area contributed by atoms with Crippen molar-refractivity contribution in [2.45, 2.75) is 0 Å². The molecule has 0 amide bonds. The van der Waals surface area contributed by atoms with Gasteiger partial charge in [-0.1, -0.05) is 0 Å². The highest BCUT2D eigenvalue weighted by Gasteiger charge is 2.14. The zero-order valence-corrected chi connectivity index (χ0v) is 7.58. The lowest BCUT2D eigenvalue weighted by Crippen LogP contribution is -2.23. The Kier molecular flexibility index (Phi) is 4.07. The van der Waals surface area contributed by atoms with Gasteiger partial charge in [-0.3, -0.25) is 0 Å². The maximum Gasteiger partial charge on any atom is 0.379 e. The Bertz CT molecular complexity index is 341. The zero-order valence-electron chi connectivity index (χ0n) is 7.58. The maximum atomic E-state index is 10.4. The van der Waals surface area contributed by atoms with Crippen LogP contribution >= 0.6 is 0 Å². The molecule has 8 heteroatoms. The summed E-state index contributed by atoms with van der Waals surface area (Å²) in [5.41, 5.74) is 0.294. The average molecular weight is 203 g/mol. The summed E-state index contributed by atoms with van der Waals surface area (Å²) in [5.74, 6) is -0.900. The summed E-state index contributed by atoms with van der Waals surface area (Å²) in [4.78, 5) is 18.7. The van der Waals surface area contributed by atoms with E-state index in [0.717, 1.165) is 0 Å². The van der Waals surface area contributed by atoms with Crippen LogP contribution < -0.4 is 4.57 Å². The van der Waals surface area contributed by atoms with Crippen LogP contribution in [0, 0.1) is 15.3 Å². The Morgan fingerprint density at radius 3 is 2.21 bits per heavy atom. The van der Waals surface area contributed by atoms with Crippen LogP contribution in [-0.2, 0) is 14.1 Å². The largest absolute Gasteiger partial charge is 0.475 e. The Balaban J connectivity index is 0.000000364. The van der Waals surface area contributed by atoms with E-state index >= 15 is 0 Å². The van der Waals surface area contributed by atoms with E-state index in [1.165, 1.54) is 0 Å². The normalized spacial score (nSPS) is 8.71. The lowest BCUT2D eigenvalue weighted by atomic mass is 10.5. The van der Waals surface area contributed by atoms with Crippen LogP contribution in [0.3, 0.4) is 0 Å². The average Bonchev–Trinajstić information content (AvgIpc) is 2.28. The highest BCUT2D eigenvalue weighted by atomic mass is 16.9. The van der Waals surface area contributed by atoms with Crippen molar-refractivity contribution in [3.63, 3.8) is 0 Å². The van der Waals surface area contributed by atoms with Gasteiger partial charge in [0.25, 0.3) is 5.69 Å². The molecule has 1 heterocycles. The quantitative estimate of drug-likeness (QED) is 0.368.